The standard InChI is InChI=1S/C12H19F3O2/c13-12(14,15)11(16)17-10-8-6-4-2-1-3-5-7-9-10/h10H,1-9H2. The number of halogens is 3. The van der Waals surface area contributed by atoms with Crippen molar-refractivity contribution >= 4 is 5.97 Å². The van der Waals surface area contributed by atoms with E-state index in [1.165, 1.54) is 6.42 Å². The number of hydrogen-bond acceptors (Lipinski definition) is 2. The Morgan fingerprint density at radius 1 is 0.882 bits per heavy atom. The van der Waals surface area contributed by atoms with Gasteiger partial charge in [-0.1, -0.05) is 32.1 Å². The molecule has 0 spiro atoms. The Hall–Kier alpha value is -0.740. The summed E-state index contributed by atoms with van der Waals surface area (Å²) in [6, 6.07) is 0. The smallest absolute Gasteiger partial charge is 0.456 e. The fourth-order valence-corrected chi connectivity index (χ4v) is 2.11. The van der Waals surface area contributed by atoms with Crippen LogP contribution in [0.2, 0.25) is 0 Å². The number of carbonyl (C=O) groups is 1. The van der Waals surface area contributed by atoms with Crippen LogP contribution in [0.5, 0.6) is 0 Å². The van der Waals surface area contributed by atoms with E-state index in [2.05, 4.69) is 4.74 Å². The van der Waals surface area contributed by atoms with Gasteiger partial charge in [-0.25, -0.2) is 4.79 Å². The monoisotopic (exact) mass is 252 g/mol. The minimum Gasteiger partial charge on any atom is -0.456 e. The van der Waals surface area contributed by atoms with Crippen molar-refractivity contribution in [3.05, 3.63) is 0 Å². The Morgan fingerprint density at radius 2 is 1.29 bits per heavy atom. The van der Waals surface area contributed by atoms with Crippen LogP contribution in [-0.4, -0.2) is 18.2 Å². The van der Waals surface area contributed by atoms with Gasteiger partial charge in [-0.2, -0.15) is 13.2 Å². The lowest BCUT2D eigenvalue weighted by Crippen LogP contribution is -2.30. The van der Waals surface area contributed by atoms with Crippen molar-refractivity contribution < 1.29 is 22.7 Å². The Kier molecular flexibility index (Phi) is 5.78. The fourth-order valence-electron chi connectivity index (χ4n) is 2.11. The van der Waals surface area contributed by atoms with Gasteiger partial charge in [0.25, 0.3) is 0 Å². The van der Waals surface area contributed by atoms with E-state index in [9.17, 15) is 18.0 Å². The molecule has 0 aliphatic heterocycles. The molecular weight excluding hydrogens is 233 g/mol. The molecule has 0 bridgehead atoms. The topological polar surface area (TPSA) is 26.3 Å². The van der Waals surface area contributed by atoms with Gasteiger partial charge in [-0.05, 0) is 25.7 Å². The Morgan fingerprint density at radius 3 is 1.71 bits per heavy atom. The predicted octanol–water partition coefficient (Wildman–Crippen LogP) is 3.99. The normalized spacial score (nSPS) is 20.9. The molecule has 0 N–H and O–H groups in total. The molecule has 0 aromatic rings. The number of carbonyl (C=O) groups excluding carboxylic acids is 1. The summed E-state index contributed by atoms with van der Waals surface area (Å²) in [5.41, 5.74) is 0. The van der Waals surface area contributed by atoms with Crippen LogP contribution < -0.4 is 0 Å². The van der Waals surface area contributed by atoms with Crippen LogP contribution in [0.3, 0.4) is 0 Å². The fraction of sp³-hybridized carbons (Fsp3) is 0.917. The van der Waals surface area contributed by atoms with E-state index < -0.39 is 18.2 Å². The molecule has 1 fully saturated rings. The van der Waals surface area contributed by atoms with Crippen LogP contribution in [0.15, 0.2) is 0 Å². The molecule has 2 nitrogen and oxygen atoms in total. The molecule has 5 heteroatoms. The van der Waals surface area contributed by atoms with Crippen LogP contribution in [-0.2, 0) is 9.53 Å². The molecule has 17 heavy (non-hydrogen) atoms. The molecule has 1 aliphatic carbocycles. The van der Waals surface area contributed by atoms with Crippen LogP contribution in [0, 0.1) is 0 Å². The third-order valence-electron chi connectivity index (χ3n) is 3.06. The Labute approximate surface area is 99.5 Å². The van der Waals surface area contributed by atoms with Crippen LogP contribution >= 0.6 is 0 Å². The first-order valence-electron chi connectivity index (χ1n) is 6.28. The highest BCUT2D eigenvalue weighted by Gasteiger charge is 2.42. The van der Waals surface area contributed by atoms with Gasteiger partial charge >= 0.3 is 12.1 Å². The number of hydrogen-bond donors (Lipinski definition) is 0. The molecular formula is C12H19F3O2. The van der Waals surface area contributed by atoms with Gasteiger partial charge in [0.05, 0.1) is 0 Å². The first-order chi connectivity index (χ1) is 8.00. The summed E-state index contributed by atoms with van der Waals surface area (Å²) >= 11 is 0. The van der Waals surface area contributed by atoms with Crippen molar-refractivity contribution in [3.63, 3.8) is 0 Å². The third-order valence-corrected chi connectivity index (χ3v) is 3.06. The summed E-state index contributed by atoms with van der Waals surface area (Å²) in [5, 5.41) is 0. The molecule has 0 saturated heterocycles. The molecule has 0 amide bonds. The highest BCUT2D eigenvalue weighted by Crippen LogP contribution is 2.23. The van der Waals surface area contributed by atoms with Crippen LogP contribution in [0.1, 0.15) is 57.8 Å². The lowest BCUT2D eigenvalue weighted by molar-refractivity contribution is -0.205. The van der Waals surface area contributed by atoms with Gasteiger partial charge in [0.15, 0.2) is 0 Å². The van der Waals surface area contributed by atoms with Gasteiger partial charge < -0.3 is 4.74 Å². The van der Waals surface area contributed by atoms with E-state index in [0.717, 1.165) is 38.5 Å². The molecule has 0 unspecified atom stereocenters. The van der Waals surface area contributed by atoms with Crippen molar-refractivity contribution in [2.75, 3.05) is 0 Å². The summed E-state index contributed by atoms with van der Waals surface area (Å²) < 4.78 is 40.7. The van der Waals surface area contributed by atoms with E-state index in [1.807, 2.05) is 0 Å². The van der Waals surface area contributed by atoms with E-state index in [1.54, 1.807) is 0 Å². The number of alkyl halides is 3. The zero-order chi connectivity index (χ0) is 12.7. The van der Waals surface area contributed by atoms with E-state index in [-0.39, 0.29) is 0 Å². The van der Waals surface area contributed by atoms with Gasteiger partial charge in [0.2, 0.25) is 0 Å². The first kappa shape index (κ1) is 14.3. The summed E-state index contributed by atoms with van der Waals surface area (Å²) in [4.78, 5) is 10.7. The van der Waals surface area contributed by atoms with Gasteiger partial charge in [0.1, 0.15) is 6.10 Å². The summed E-state index contributed by atoms with van der Waals surface area (Å²) in [7, 11) is 0. The van der Waals surface area contributed by atoms with Crippen molar-refractivity contribution in [2.24, 2.45) is 0 Å². The molecule has 0 atom stereocenters. The number of rotatable bonds is 1. The van der Waals surface area contributed by atoms with E-state index in [4.69, 9.17) is 0 Å². The van der Waals surface area contributed by atoms with Crippen molar-refractivity contribution in [1.29, 1.82) is 0 Å². The van der Waals surface area contributed by atoms with Crippen molar-refractivity contribution in [1.82, 2.24) is 0 Å². The maximum absolute atomic E-state index is 12.1. The lowest BCUT2D eigenvalue weighted by Gasteiger charge is -2.19. The SMILES string of the molecule is O=C(OC1CCCCCCCCC1)C(F)(F)F. The van der Waals surface area contributed by atoms with Gasteiger partial charge in [-0.3, -0.25) is 0 Å². The highest BCUT2D eigenvalue weighted by atomic mass is 19.4. The van der Waals surface area contributed by atoms with Crippen LogP contribution in [0.4, 0.5) is 13.2 Å². The minimum absolute atomic E-state index is 0.553. The van der Waals surface area contributed by atoms with Gasteiger partial charge in [0, 0.05) is 0 Å². The Balaban J connectivity index is 2.40. The first-order valence-corrected chi connectivity index (χ1v) is 6.28. The molecule has 1 aliphatic rings. The molecule has 0 aromatic heterocycles. The quantitative estimate of drug-likeness (QED) is 0.660. The molecule has 0 heterocycles. The second kappa shape index (κ2) is 6.87. The molecule has 0 radical (unpaired) electrons. The van der Waals surface area contributed by atoms with Crippen LogP contribution in [0.25, 0.3) is 0 Å². The summed E-state index contributed by atoms with van der Waals surface area (Å²) in [6.07, 6.45) is 2.86. The average molecular weight is 252 g/mol. The zero-order valence-corrected chi connectivity index (χ0v) is 9.89. The molecule has 0 aromatic carbocycles. The predicted molar refractivity (Wildman–Crippen MR) is 57.5 cm³/mol. The largest absolute Gasteiger partial charge is 0.490 e. The molecule has 1 rings (SSSR count). The highest BCUT2D eigenvalue weighted by molar-refractivity contribution is 5.75. The second-order valence-electron chi connectivity index (χ2n) is 4.58. The molecule has 1 saturated carbocycles. The van der Waals surface area contributed by atoms with E-state index >= 15 is 0 Å². The number of ether oxygens (including phenoxy) is 1. The maximum Gasteiger partial charge on any atom is 0.490 e. The zero-order valence-electron chi connectivity index (χ0n) is 9.89. The summed E-state index contributed by atoms with van der Waals surface area (Å²) in [6.45, 7) is 0. The third kappa shape index (κ3) is 5.94. The average Bonchev–Trinajstić information content (AvgIpc) is 2.26. The second-order valence-corrected chi connectivity index (χ2v) is 4.58. The molecule has 100 valence electrons. The lowest BCUT2D eigenvalue weighted by atomic mass is 9.99. The summed E-state index contributed by atoms with van der Waals surface area (Å²) in [5.74, 6) is -2.04. The Bertz CT molecular complexity index is 228. The van der Waals surface area contributed by atoms with Gasteiger partial charge in [-0.15, -0.1) is 0 Å². The van der Waals surface area contributed by atoms with Crippen molar-refractivity contribution in [2.45, 2.75) is 70.1 Å². The van der Waals surface area contributed by atoms with E-state index in [0.29, 0.717) is 12.8 Å². The van der Waals surface area contributed by atoms with Crippen molar-refractivity contribution in [3.8, 4) is 0 Å². The number of esters is 1. The maximum atomic E-state index is 12.1. The minimum atomic E-state index is -4.87.